The first-order valence-electron chi connectivity index (χ1n) is 7.79. The normalized spacial score (nSPS) is 16.5. The zero-order chi connectivity index (χ0) is 19.6. The molecular weight excluding hydrogens is 375 g/mol. The minimum atomic E-state index is -1.20. The molecule has 9 heteroatoms. The van der Waals surface area contributed by atoms with Gasteiger partial charge in [-0.25, -0.2) is 14.1 Å². The second-order valence-corrected chi connectivity index (χ2v) is 6.78. The van der Waals surface area contributed by atoms with Crippen LogP contribution >= 0.6 is 11.8 Å². The van der Waals surface area contributed by atoms with Crippen LogP contribution in [0, 0.1) is 5.82 Å². The van der Waals surface area contributed by atoms with Crippen LogP contribution in [0.2, 0.25) is 0 Å². The molecule has 1 saturated heterocycles. The Balaban J connectivity index is 1.70. The number of carboxylic acids is 1. The number of hydrogen-bond donors (Lipinski definition) is 2. The molecule has 0 aromatic heterocycles. The summed E-state index contributed by atoms with van der Waals surface area (Å²) in [6, 6.07) is 10.7. The van der Waals surface area contributed by atoms with Crippen molar-refractivity contribution in [3.8, 4) is 0 Å². The van der Waals surface area contributed by atoms with Crippen molar-refractivity contribution >= 4 is 46.2 Å². The number of aromatic carboxylic acids is 1. The van der Waals surface area contributed by atoms with E-state index in [1.165, 1.54) is 30.3 Å². The number of carboxylic acid groups (broad SMARTS) is 1. The number of anilines is 2. The molecule has 1 fully saturated rings. The van der Waals surface area contributed by atoms with Crippen molar-refractivity contribution in [2.24, 2.45) is 0 Å². The van der Waals surface area contributed by atoms with Crippen LogP contribution in [0.25, 0.3) is 0 Å². The van der Waals surface area contributed by atoms with E-state index in [9.17, 15) is 23.6 Å². The van der Waals surface area contributed by atoms with Crippen molar-refractivity contribution in [1.82, 2.24) is 0 Å². The number of halogens is 1. The lowest BCUT2D eigenvalue weighted by Gasteiger charge is -2.14. The van der Waals surface area contributed by atoms with Gasteiger partial charge < -0.3 is 10.4 Å². The average Bonchev–Trinajstić information content (AvgIpc) is 2.89. The molecule has 0 saturated carbocycles. The van der Waals surface area contributed by atoms with Crippen LogP contribution in [0.5, 0.6) is 0 Å². The number of carbonyl (C=O) groups is 4. The van der Waals surface area contributed by atoms with Gasteiger partial charge in [-0.1, -0.05) is 12.1 Å². The smallest absolute Gasteiger partial charge is 0.337 e. The zero-order valence-corrected chi connectivity index (χ0v) is 14.5. The van der Waals surface area contributed by atoms with E-state index in [4.69, 9.17) is 5.11 Å². The number of amides is 3. The molecule has 3 rings (SSSR count). The Morgan fingerprint density at radius 3 is 2.44 bits per heavy atom. The van der Waals surface area contributed by atoms with Crippen molar-refractivity contribution in [3.63, 3.8) is 0 Å². The highest BCUT2D eigenvalue weighted by Gasteiger charge is 2.41. The van der Waals surface area contributed by atoms with Gasteiger partial charge in [-0.3, -0.25) is 14.4 Å². The van der Waals surface area contributed by atoms with Crippen molar-refractivity contribution in [1.29, 1.82) is 0 Å². The maximum Gasteiger partial charge on any atom is 0.337 e. The number of nitrogens with zero attached hydrogens (tertiary/aromatic N) is 1. The molecule has 0 bridgehead atoms. The van der Waals surface area contributed by atoms with Gasteiger partial charge in [0.25, 0.3) is 5.24 Å². The van der Waals surface area contributed by atoms with Gasteiger partial charge >= 0.3 is 5.97 Å². The highest BCUT2D eigenvalue weighted by molar-refractivity contribution is 8.15. The summed E-state index contributed by atoms with van der Waals surface area (Å²) in [5.74, 6) is -2.88. The van der Waals surface area contributed by atoms with Crippen molar-refractivity contribution in [3.05, 3.63) is 59.9 Å². The quantitative estimate of drug-likeness (QED) is 0.816. The fraction of sp³-hybridized carbons (Fsp3) is 0.111. The highest BCUT2D eigenvalue weighted by atomic mass is 32.2. The maximum atomic E-state index is 13.0. The summed E-state index contributed by atoms with van der Waals surface area (Å²) in [5.41, 5.74) is 0.241. The predicted molar refractivity (Wildman–Crippen MR) is 97.3 cm³/mol. The van der Waals surface area contributed by atoms with E-state index in [0.29, 0.717) is 11.8 Å². The number of imide groups is 1. The molecule has 0 radical (unpaired) electrons. The Labute approximate surface area is 157 Å². The first-order chi connectivity index (χ1) is 12.9. The Hall–Kier alpha value is -3.20. The maximum absolute atomic E-state index is 13.0. The number of thioether (sulfide) groups is 1. The van der Waals surface area contributed by atoms with Gasteiger partial charge in [0.05, 0.1) is 16.9 Å². The van der Waals surface area contributed by atoms with Crippen molar-refractivity contribution in [2.75, 3.05) is 10.2 Å². The second-order valence-electron chi connectivity index (χ2n) is 5.63. The molecule has 138 valence electrons. The molecule has 7 nitrogen and oxygen atoms in total. The first-order valence-corrected chi connectivity index (χ1v) is 8.67. The van der Waals surface area contributed by atoms with E-state index in [-0.39, 0.29) is 23.4 Å². The van der Waals surface area contributed by atoms with E-state index in [1.807, 2.05) is 0 Å². The Bertz CT molecular complexity index is 932. The lowest BCUT2D eigenvalue weighted by atomic mass is 10.1. The van der Waals surface area contributed by atoms with Gasteiger partial charge in [-0.05, 0) is 48.2 Å². The first kappa shape index (κ1) is 18.6. The number of rotatable bonds is 5. The third-order valence-electron chi connectivity index (χ3n) is 3.81. The molecule has 1 atom stereocenters. The van der Waals surface area contributed by atoms with Crippen LogP contribution in [0.15, 0.2) is 48.5 Å². The molecule has 2 aromatic carbocycles. The topological polar surface area (TPSA) is 104 Å². The summed E-state index contributed by atoms with van der Waals surface area (Å²) < 4.78 is 13.0. The Morgan fingerprint density at radius 2 is 1.78 bits per heavy atom. The van der Waals surface area contributed by atoms with E-state index < -0.39 is 34.1 Å². The molecule has 2 aromatic rings. The molecule has 0 spiro atoms. The van der Waals surface area contributed by atoms with E-state index in [0.717, 1.165) is 17.0 Å². The van der Waals surface area contributed by atoms with Crippen molar-refractivity contribution < 1.29 is 28.7 Å². The molecule has 27 heavy (non-hydrogen) atoms. The lowest BCUT2D eigenvalue weighted by Crippen LogP contribution is -2.33. The fourth-order valence-corrected chi connectivity index (χ4v) is 3.54. The van der Waals surface area contributed by atoms with Crippen LogP contribution in [-0.4, -0.2) is 33.4 Å². The lowest BCUT2D eigenvalue weighted by molar-refractivity contribution is -0.121. The molecule has 1 heterocycles. The predicted octanol–water partition coefficient (Wildman–Crippen LogP) is 3.12. The summed E-state index contributed by atoms with van der Waals surface area (Å²) in [7, 11) is 0. The molecule has 2 N–H and O–H groups in total. The van der Waals surface area contributed by atoms with Gasteiger partial charge in [0, 0.05) is 6.42 Å². The Kier molecular flexibility index (Phi) is 5.22. The number of para-hydroxylation sites is 1. The van der Waals surface area contributed by atoms with Gasteiger partial charge in [0.2, 0.25) is 11.8 Å². The fourth-order valence-electron chi connectivity index (χ4n) is 2.56. The van der Waals surface area contributed by atoms with Crippen LogP contribution in [-0.2, 0) is 9.59 Å². The molecule has 1 aliphatic heterocycles. The molecule has 3 amide bonds. The van der Waals surface area contributed by atoms with Crippen LogP contribution in [0.1, 0.15) is 16.8 Å². The minimum Gasteiger partial charge on any atom is -0.478 e. The third kappa shape index (κ3) is 3.98. The summed E-state index contributed by atoms with van der Waals surface area (Å²) in [4.78, 5) is 48.9. The van der Waals surface area contributed by atoms with Gasteiger partial charge in [-0.2, -0.15) is 0 Å². The summed E-state index contributed by atoms with van der Waals surface area (Å²) in [5, 5.41) is 10.1. The van der Waals surface area contributed by atoms with Crippen LogP contribution < -0.4 is 10.2 Å². The summed E-state index contributed by atoms with van der Waals surface area (Å²) in [6.45, 7) is 0. The minimum absolute atomic E-state index is 0.0831. The van der Waals surface area contributed by atoms with Gasteiger partial charge in [0.15, 0.2) is 0 Å². The average molecular weight is 388 g/mol. The zero-order valence-electron chi connectivity index (χ0n) is 13.7. The van der Waals surface area contributed by atoms with E-state index in [2.05, 4.69) is 5.32 Å². The highest BCUT2D eigenvalue weighted by Crippen LogP contribution is 2.33. The molecule has 0 aliphatic carbocycles. The molecule has 1 unspecified atom stereocenters. The number of nitrogens with one attached hydrogen (secondary N) is 1. The standard InChI is InChI=1S/C18H13FN2O5S/c19-10-5-7-11(8-6-10)21-16(23)14(27-18(21)26)9-15(22)20-13-4-2-1-3-12(13)17(24)25/h1-8,14H,9H2,(H,20,22)(H,24,25). The number of hydrogen-bond acceptors (Lipinski definition) is 5. The monoisotopic (exact) mass is 388 g/mol. The third-order valence-corrected chi connectivity index (χ3v) is 4.85. The van der Waals surface area contributed by atoms with E-state index in [1.54, 1.807) is 6.07 Å². The largest absolute Gasteiger partial charge is 0.478 e. The van der Waals surface area contributed by atoms with E-state index >= 15 is 0 Å². The molecular formula is C18H13FN2O5S. The summed E-state index contributed by atoms with van der Waals surface area (Å²) in [6.07, 6.45) is -0.305. The van der Waals surface area contributed by atoms with Crippen LogP contribution in [0.4, 0.5) is 20.6 Å². The molecule has 1 aliphatic rings. The number of benzene rings is 2. The second kappa shape index (κ2) is 7.58. The summed E-state index contributed by atoms with van der Waals surface area (Å²) >= 11 is 0.697. The number of carbonyl (C=O) groups excluding carboxylic acids is 3. The Morgan fingerprint density at radius 1 is 1.11 bits per heavy atom. The van der Waals surface area contributed by atoms with Gasteiger partial charge in [-0.15, -0.1) is 0 Å². The van der Waals surface area contributed by atoms with Crippen molar-refractivity contribution in [2.45, 2.75) is 11.7 Å². The SMILES string of the molecule is O=C(CC1SC(=O)N(c2ccc(F)cc2)C1=O)Nc1ccccc1C(=O)O. The van der Waals surface area contributed by atoms with Crippen LogP contribution in [0.3, 0.4) is 0 Å². The van der Waals surface area contributed by atoms with Gasteiger partial charge in [0.1, 0.15) is 11.1 Å².